The van der Waals surface area contributed by atoms with Gasteiger partial charge in [0.05, 0.1) is 23.6 Å². The van der Waals surface area contributed by atoms with Crippen molar-refractivity contribution in [3.63, 3.8) is 0 Å². The summed E-state index contributed by atoms with van der Waals surface area (Å²) < 4.78 is 5.43. The lowest BCUT2D eigenvalue weighted by Crippen LogP contribution is -2.52. The molecule has 0 radical (unpaired) electrons. The first kappa shape index (κ1) is 24.1. The van der Waals surface area contributed by atoms with Crippen LogP contribution in [0.4, 0.5) is 5.82 Å². The SMILES string of the molecule is O=C(/C=C/c1cnc(N[C@@]2(CC3CCCCCC3)CCCNC2)cn1)NOC1CCCCO1. The first-order valence-corrected chi connectivity index (χ1v) is 12.8. The fourth-order valence-electron chi connectivity index (χ4n) is 5.30. The Morgan fingerprint density at radius 2 is 1.97 bits per heavy atom. The molecular formula is C25H39N5O3. The fourth-order valence-corrected chi connectivity index (χ4v) is 5.30. The van der Waals surface area contributed by atoms with E-state index >= 15 is 0 Å². The normalized spacial score (nSPS) is 27.2. The summed E-state index contributed by atoms with van der Waals surface area (Å²) in [5, 5.41) is 7.33. The van der Waals surface area contributed by atoms with Gasteiger partial charge in [0.2, 0.25) is 0 Å². The van der Waals surface area contributed by atoms with Gasteiger partial charge in [-0.2, -0.15) is 0 Å². The van der Waals surface area contributed by atoms with Crippen LogP contribution in [0.5, 0.6) is 0 Å². The van der Waals surface area contributed by atoms with Crippen LogP contribution >= 0.6 is 0 Å². The van der Waals surface area contributed by atoms with Crippen LogP contribution in [-0.2, 0) is 14.4 Å². The van der Waals surface area contributed by atoms with E-state index in [-0.39, 0.29) is 17.7 Å². The standard InChI is InChI=1S/C25H39N5O3/c31-23(30-33-24-10-5-6-15-32-24)12-11-21-17-28-22(18-27-21)29-25(13-7-14-26-19-25)16-20-8-3-1-2-4-9-20/h11-12,17-18,20,24,26H,1-10,13-16,19H2,(H,28,29)(H,30,31)/b12-11+/t24?,25-/m1/s1. The van der Waals surface area contributed by atoms with Crippen molar-refractivity contribution >= 4 is 17.8 Å². The Labute approximate surface area is 197 Å². The number of carbonyl (C=O) groups excluding carboxylic acids is 1. The molecule has 2 saturated heterocycles. The number of hydrogen-bond acceptors (Lipinski definition) is 7. The van der Waals surface area contributed by atoms with Crippen LogP contribution in [0.1, 0.15) is 82.7 Å². The number of aromatic nitrogens is 2. The molecule has 0 spiro atoms. The van der Waals surface area contributed by atoms with Gasteiger partial charge in [-0.3, -0.25) is 9.78 Å². The van der Waals surface area contributed by atoms with Gasteiger partial charge in [0.1, 0.15) is 5.82 Å². The second-order valence-electron chi connectivity index (χ2n) is 9.79. The van der Waals surface area contributed by atoms with Crippen molar-refractivity contribution in [1.29, 1.82) is 0 Å². The molecule has 8 heteroatoms. The van der Waals surface area contributed by atoms with E-state index in [4.69, 9.17) is 9.57 Å². The molecule has 33 heavy (non-hydrogen) atoms. The van der Waals surface area contributed by atoms with Gasteiger partial charge in [-0.25, -0.2) is 15.3 Å². The monoisotopic (exact) mass is 457 g/mol. The summed E-state index contributed by atoms with van der Waals surface area (Å²) in [4.78, 5) is 26.4. The maximum absolute atomic E-state index is 12.0. The van der Waals surface area contributed by atoms with Crippen LogP contribution in [0.25, 0.3) is 6.08 Å². The van der Waals surface area contributed by atoms with E-state index in [0.29, 0.717) is 12.3 Å². The van der Waals surface area contributed by atoms with Crippen LogP contribution in [0.3, 0.4) is 0 Å². The molecule has 3 N–H and O–H groups in total. The van der Waals surface area contributed by atoms with Crippen molar-refractivity contribution in [3.05, 3.63) is 24.2 Å². The number of carbonyl (C=O) groups is 1. The lowest BCUT2D eigenvalue weighted by Gasteiger charge is -2.41. The van der Waals surface area contributed by atoms with Gasteiger partial charge < -0.3 is 15.4 Å². The number of nitrogens with one attached hydrogen (secondary N) is 3. The summed E-state index contributed by atoms with van der Waals surface area (Å²) >= 11 is 0. The minimum atomic E-state index is -0.360. The van der Waals surface area contributed by atoms with E-state index in [2.05, 4.69) is 26.1 Å². The van der Waals surface area contributed by atoms with E-state index in [1.165, 1.54) is 57.4 Å². The molecule has 1 aromatic rings. The average Bonchev–Trinajstić information content (AvgIpc) is 3.12. The van der Waals surface area contributed by atoms with Gasteiger partial charge in [0.25, 0.3) is 5.91 Å². The van der Waals surface area contributed by atoms with Crippen LogP contribution in [0, 0.1) is 5.92 Å². The van der Waals surface area contributed by atoms with Crippen molar-refractivity contribution in [2.75, 3.05) is 25.0 Å². The summed E-state index contributed by atoms with van der Waals surface area (Å²) in [5.41, 5.74) is 3.09. The smallest absolute Gasteiger partial charge is 0.267 e. The molecule has 1 amide bonds. The minimum absolute atomic E-state index is 0.0394. The first-order valence-electron chi connectivity index (χ1n) is 12.8. The predicted octanol–water partition coefficient (Wildman–Crippen LogP) is 3.96. The zero-order chi connectivity index (χ0) is 22.8. The molecule has 0 bridgehead atoms. The number of anilines is 1. The summed E-state index contributed by atoms with van der Waals surface area (Å²) in [6.45, 7) is 2.73. The highest BCUT2D eigenvalue weighted by Crippen LogP contribution is 2.34. The topological polar surface area (TPSA) is 97.4 Å². The molecule has 3 fully saturated rings. The molecule has 0 aromatic carbocycles. The van der Waals surface area contributed by atoms with Gasteiger partial charge >= 0.3 is 0 Å². The molecular weight excluding hydrogens is 418 g/mol. The molecule has 1 saturated carbocycles. The van der Waals surface area contributed by atoms with Crippen molar-refractivity contribution < 1.29 is 14.4 Å². The Balaban J connectivity index is 1.30. The molecule has 2 atom stereocenters. The van der Waals surface area contributed by atoms with E-state index in [0.717, 1.165) is 50.5 Å². The van der Waals surface area contributed by atoms with Gasteiger partial charge in [0.15, 0.2) is 6.29 Å². The Bertz CT molecular complexity index is 750. The third kappa shape index (κ3) is 7.76. The predicted molar refractivity (Wildman–Crippen MR) is 128 cm³/mol. The molecule has 1 aliphatic carbocycles. The average molecular weight is 458 g/mol. The third-order valence-corrected chi connectivity index (χ3v) is 7.03. The molecule has 3 heterocycles. The van der Waals surface area contributed by atoms with Crippen molar-refractivity contribution in [3.8, 4) is 0 Å². The highest BCUT2D eigenvalue weighted by molar-refractivity contribution is 5.90. The van der Waals surface area contributed by atoms with Crippen LogP contribution < -0.4 is 16.1 Å². The number of hydroxylamine groups is 1. The Morgan fingerprint density at radius 3 is 2.67 bits per heavy atom. The second-order valence-corrected chi connectivity index (χ2v) is 9.79. The first-order chi connectivity index (χ1) is 16.2. The van der Waals surface area contributed by atoms with E-state index in [9.17, 15) is 4.79 Å². The maximum Gasteiger partial charge on any atom is 0.267 e. The molecule has 4 rings (SSSR count). The van der Waals surface area contributed by atoms with Gasteiger partial charge in [-0.15, -0.1) is 0 Å². The molecule has 2 aliphatic heterocycles. The Hall–Kier alpha value is -2.03. The number of hydrogen-bond donors (Lipinski definition) is 3. The largest absolute Gasteiger partial charge is 0.362 e. The molecule has 8 nitrogen and oxygen atoms in total. The molecule has 1 aromatic heterocycles. The quantitative estimate of drug-likeness (QED) is 0.309. The van der Waals surface area contributed by atoms with Crippen molar-refractivity contribution in [2.24, 2.45) is 5.92 Å². The van der Waals surface area contributed by atoms with Gasteiger partial charge in [-0.05, 0) is 50.6 Å². The fraction of sp³-hybridized carbons (Fsp3) is 0.720. The van der Waals surface area contributed by atoms with Gasteiger partial charge in [-0.1, -0.05) is 38.5 Å². The summed E-state index contributed by atoms with van der Waals surface area (Å²) in [5.74, 6) is 1.24. The van der Waals surface area contributed by atoms with Crippen LogP contribution in [-0.4, -0.2) is 47.4 Å². The number of nitrogens with zero attached hydrogens (tertiary/aromatic N) is 2. The van der Waals surface area contributed by atoms with E-state index in [1.54, 1.807) is 18.5 Å². The minimum Gasteiger partial charge on any atom is -0.362 e. The van der Waals surface area contributed by atoms with Gasteiger partial charge in [0, 0.05) is 25.6 Å². The number of amides is 1. The van der Waals surface area contributed by atoms with Crippen molar-refractivity contribution in [2.45, 2.75) is 88.9 Å². The summed E-state index contributed by atoms with van der Waals surface area (Å²) in [6, 6.07) is 0. The lowest BCUT2D eigenvalue weighted by molar-refractivity contribution is -0.198. The molecule has 1 unspecified atom stereocenters. The maximum atomic E-state index is 12.0. The van der Waals surface area contributed by atoms with E-state index in [1.807, 2.05) is 0 Å². The molecule has 182 valence electrons. The number of rotatable bonds is 8. The van der Waals surface area contributed by atoms with Crippen molar-refractivity contribution in [1.82, 2.24) is 20.8 Å². The number of ether oxygens (including phenoxy) is 1. The Kier molecular flexibility index (Phi) is 9.09. The van der Waals surface area contributed by atoms with Crippen LogP contribution in [0.15, 0.2) is 18.5 Å². The summed E-state index contributed by atoms with van der Waals surface area (Å²) in [7, 11) is 0. The van der Waals surface area contributed by atoms with E-state index < -0.39 is 0 Å². The molecule has 3 aliphatic rings. The highest BCUT2D eigenvalue weighted by atomic mass is 16.8. The number of piperidine rings is 1. The Morgan fingerprint density at radius 1 is 1.12 bits per heavy atom. The highest BCUT2D eigenvalue weighted by Gasteiger charge is 2.35. The zero-order valence-corrected chi connectivity index (χ0v) is 19.7. The zero-order valence-electron chi connectivity index (χ0n) is 19.7. The van der Waals surface area contributed by atoms with Crippen LogP contribution in [0.2, 0.25) is 0 Å². The third-order valence-electron chi connectivity index (χ3n) is 7.03. The lowest BCUT2D eigenvalue weighted by atomic mass is 9.79. The second kappa shape index (κ2) is 12.4. The summed E-state index contributed by atoms with van der Waals surface area (Å²) in [6.07, 6.45) is 20.7.